The number of carbonyl (C=O) groups is 1. The van der Waals surface area contributed by atoms with Crippen molar-refractivity contribution in [3.05, 3.63) is 36.1 Å². The number of nitrogens with zero attached hydrogens (tertiary/aromatic N) is 1. The Morgan fingerprint density at radius 1 is 1.42 bits per heavy atom. The first-order chi connectivity index (χ1) is 12.5. The third-order valence-corrected chi connectivity index (χ3v) is 5.90. The van der Waals surface area contributed by atoms with Gasteiger partial charge in [0.1, 0.15) is 11.2 Å². The van der Waals surface area contributed by atoms with Gasteiger partial charge in [-0.25, -0.2) is 0 Å². The van der Waals surface area contributed by atoms with E-state index in [9.17, 15) is 4.79 Å². The maximum absolute atomic E-state index is 12.8. The minimum atomic E-state index is -0.944. The molecule has 1 aromatic heterocycles. The van der Waals surface area contributed by atoms with Gasteiger partial charge >= 0.3 is 0 Å². The van der Waals surface area contributed by atoms with E-state index in [1.807, 2.05) is 18.2 Å². The minimum Gasteiger partial charge on any atom is -0.464 e. The molecule has 2 unspecified atom stereocenters. The van der Waals surface area contributed by atoms with E-state index in [0.717, 1.165) is 37.9 Å². The molecule has 2 fully saturated rings. The van der Waals surface area contributed by atoms with Crippen LogP contribution < -0.4 is 11.1 Å². The van der Waals surface area contributed by atoms with Gasteiger partial charge in [0.2, 0.25) is 0 Å². The fourth-order valence-corrected chi connectivity index (χ4v) is 4.17. The van der Waals surface area contributed by atoms with Crippen LogP contribution >= 0.6 is 11.6 Å². The SMILES string of the molecule is NC1(NC(=O)c2cccc3ccoc23)CCN(CC2CCCO2)C[C@H]1Cl. The first-order valence-electron chi connectivity index (χ1n) is 9.11. The van der Waals surface area contributed by atoms with Gasteiger partial charge in [-0.05, 0) is 31.4 Å². The van der Waals surface area contributed by atoms with E-state index in [2.05, 4.69) is 10.2 Å². The molecule has 7 heteroatoms. The first kappa shape index (κ1) is 17.8. The normalized spacial score (nSPS) is 29.9. The molecule has 6 nitrogen and oxygen atoms in total. The molecule has 0 bridgehead atoms. The quantitative estimate of drug-likeness (QED) is 0.631. The Kier molecular flexibility index (Phi) is 4.92. The van der Waals surface area contributed by atoms with Crippen LogP contribution in [0.2, 0.25) is 0 Å². The predicted octanol–water partition coefficient (Wildman–Crippen LogP) is 2.31. The van der Waals surface area contributed by atoms with Gasteiger partial charge in [0.05, 0.1) is 23.3 Å². The Hall–Kier alpha value is -1.60. The lowest BCUT2D eigenvalue weighted by molar-refractivity contribution is 0.0507. The smallest absolute Gasteiger partial charge is 0.256 e. The molecule has 0 spiro atoms. The van der Waals surface area contributed by atoms with E-state index in [0.29, 0.717) is 24.1 Å². The molecule has 2 saturated heterocycles. The van der Waals surface area contributed by atoms with Crippen molar-refractivity contribution in [3.8, 4) is 0 Å². The second-order valence-electron chi connectivity index (χ2n) is 7.25. The van der Waals surface area contributed by atoms with E-state index in [-0.39, 0.29) is 17.4 Å². The number of benzene rings is 1. The molecule has 0 aliphatic carbocycles. The van der Waals surface area contributed by atoms with Crippen LogP contribution in [0, 0.1) is 0 Å². The highest BCUT2D eigenvalue weighted by atomic mass is 35.5. The summed E-state index contributed by atoms with van der Waals surface area (Å²) in [7, 11) is 0. The van der Waals surface area contributed by atoms with Crippen molar-refractivity contribution in [1.29, 1.82) is 0 Å². The van der Waals surface area contributed by atoms with Crippen molar-refractivity contribution in [2.45, 2.75) is 36.4 Å². The zero-order chi connectivity index (χ0) is 18.1. The number of alkyl halides is 1. The molecule has 3 atom stereocenters. The number of halogens is 1. The predicted molar refractivity (Wildman–Crippen MR) is 100 cm³/mol. The second-order valence-corrected chi connectivity index (χ2v) is 7.78. The Morgan fingerprint density at radius 3 is 3.08 bits per heavy atom. The summed E-state index contributed by atoms with van der Waals surface area (Å²) in [4.78, 5) is 15.1. The highest BCUT2D eigenvalue weighted by molar-refractivity contribution is 6.22. The van der Waals surface area contributed by atoms with Crippen LogP contribution in [0.25, 0.3) is 11.0 Å². The zero-order valence-corrected chi connectivity index (χ0v) is 15.4. The molecular weight excluding hydrogens is 354 g/mol. The third-order valence-electron chi connectivity index (χ3n) is 5.37. The number of rotatable bonds is 4. The van der Waals surface area contributed by atoms with Crippen LogP contribution in [-0.2, 0) is 4.74 Å². The van der Waals surface area contributed by atoms with Crippen molar-refractivity contribution in [1.82, 2.24) is 10.2 Å². The van der Waals surface area contributed by atoms with E-state index in [1.54, 1.807) is 12.3 Å². The van der Waals surface area contributed by atoms with Crippen LogP contribution in [0.15, 0.2) is 34.9 Å². The number of nitrogens with one attached hydrogen (secondary N) is 1. The average molecular weight is 378 g/mol. The average Bonchev–Trinajstić information content (AvgIpc) is 3.29. The topological polar surface area (TPSA) is 80.7 Å². The van der Waals surface area contributed by atoms with E-state index < -0.39 is 5.66 Å². The summed E-state index contributed by atoms with van der Waals surface area (Å²) in [5.41, 5.74) is 6.57. The number of piperidine rings is 1. The fraction of sp³-hybridized carbons (Fsp3) is 0.526. The van der Waals surface area contributed by atoms with Crippen molar-refractivity contribution in [2.75, 3.05) is 26.2 Å². The minimum absolute atomic E-state index is 0.258. The van der Waals surface area contributed by atoms with E-state index >= 15 is 0 Å². The molecule has 26 heavy (non-hydrogen) atoms. The summed E-state index contributed by atoms with van der Waals surface area (Å²) in [6.07, 6.45) is 4.68. The molecule has 2 aromatic rings. The lowest BCUT2D eigenvalue weighted by atomic mass is 9.96. The molecule has 1 amide bonds. The van der Waals surface area contributed by atoms with Gasteiger partial charge in [0, 0.05) is 31.6 Å². The molecule has 4 rings (SSSR count). The molecule has 0 radical (unpaired) electrons. The molecule has 140 valence electrons. The van der Waals surface area contributed by atoms with E-state index in [1.165, 1.54) is 0 Å². The largest absolute Gasteiger partial charge is 0.464 e. The zero-order valence-electron chi connectivity index (χ0n) is 14.6. The number of ether oxygens (including phenoxy) is 1. The lowest BCUT2D eigenvalue weighted by Gasteiger charge is -2.43. The summed E-state index contributed by atoms with van der Waals surface area (Å²) in [5.74, 6) is -0.258. The number of hydrogen-bond donors (Lipinski definition) is 2. The monoisotopic (exact) mass is 377 g/mol. The van der Waals surface area contributed by atoms with Crippen molar-refractivity contribution in [3.63, 3.8) is 0 Å². The number of furan rings is 1. The fourth-order valence-electron chi connectivity index (χ4n) is 3.81. The number of amides is 1. The van der Waals surface area contributed by atoms with Gasteiger partial charge in [0.25, 0.3) is 5.91 Å². The molecule has 3 N–H and O–H groups in total. The van der Waals surface area contributed by atoms with Gasteiger partial charge in [-0.3, -0.25) is 9.69 Å². The first-order valence-corrected chi connectivity index (χ1v) is 9.54. The summed E-state index contributed by atoms with van der Waals surface area (Å²) in [6, 6.07) is 7.30. The summed E-state index contributed by atoms with van der Waals surface area (Å²) >= 11 is 6.59. The molecule has 1 aromatic carbocycles. The molecule has 2 aliphatic heterocycles. The number of carbonyl (C=O) groups excluding carboxylic acids is 1. The van der Waals surface area contributed by atoms with Crippen LogP contribution in [0.3, 0.4) is 0 Å². The number of likely N-dealkylation sites (tertiary alicyclic amines) is 1. The van der Waals surface area contributed by atoms with Crippen LogP contribution in [0.4, 0.5) is 0 Å². The number of fused-ring (bicyclic) bond motifs is 1. The van der Waals surface area contributed by atoms with E-state index in [4.69, 9.17) is 26.5 Å². The Labute approximate surface area is 157 Å². The van der Waals surface area contributed by atoms with Crippen molar-refractivity contribution >= 4 is 28.5 Å². The standard InChI is InChI=1S/C19H24ClN3O3/c20-16-12-23(11-14-4-2-9-25-14)8-7-19(16,21)22-18(24)15-5-1-3-13-6-10-26-17(13)15/h1,3,5-6,10,14,16H,2,4,7-9,11-12,21H2,(H,22,24)/t14?,16-,19?/m1/s1. The van der Waals surface area contributed by atoms with Gasteiger partial charge in [0.15, 0.2) is 0 Å². The van der Waals surface area contributed by atoms with Crippen molar-refractivity contribution < 1.29 is 13.9 Å². The van der Waals surface area contributed by atoms with Crippen LogP contribution in [-0.4, -0.2) is 54.2 Å². The lowest BCUT2D eigenvalue weighted by Crippen LogP contribution is -2.68. The highest BCUT2D eigenvalue weighted by Crippen LogP contribution is 2.26. The Balaban J connectivity index is 1.42. The Bertz CT molecular complexity index is 789. The molecule has 2 aliphatic rings. The van der Waals surface area contributed by atoms with Gasteiger partial charge in [-0.15, -0.1) is 11.6 Å². The second kappa shape index (κ2) is 7.19. The number of para-hydroxylation sites is 1. The maximum Gasteiger partial charge on any atom is 0.256 e. The Morgan fingerprint density at radius 2 is 2.31 bits per heavy atom. The van der Waals surface area contributed by atoms with Gasteiger partial charge in [-0.2, -0.15) is 0 Å². The number of hydrogen-bond acceptors (Lipinski definition) is 5. The molecule has 0 saturated carbocycles. The van der Waals surface area contributed by atoms with Gasteiger partial charge < -0.3 is 20.2 Å². The molecular formula is C19H24ClN3O3. The summed E-state index contributed by atoms with van der Waals surface area (Å²) in [5, 5.41) is 3.46. The van der Waals surface area contributed by atoms with Crippen LogP contribution in [0.5, 0.6) is 0 Å². The van der Waals surface area contributed by atoms with Gasteiger partial charge in [-0.1, -0.05) is 12.1 Å². The maximum atomic E-state index is 12.8. The molecule has 3 heterocycles. The highest BCUT2D eigenvalue weighted by Gasteiger charge is 2.41. The summed E-state index contributed by atoms with van der Waals surface area (Å²) < 4.78 is 11.2. The van der Waals surface area contributed by atoms with Crippen molar-refractivity contribution in [2.24, 2.45) is 5.73 Å². The summed E-state index contributed by atoms with van der Waals surface area (Å²) in [6.45, 7) is 3.13. The van der Waals surface area contributed by atoms with Crippen LogP contribution in [0.1, 0.15) is 29.6 Å². The number of nitrogens with two attached hydrogens (primary N) is 1. The third kappa shape index (κ3) is 3.47.